The molecule has 2 atom stereocenters. The summed E-state index contributed by atoms with van der Waals surface area (Å²) in [5, 5.41) is 0. The van der Waals surface area contributed by atoms with Gasteiger partial charge in [-0.15, -0.1) is 0 Å². The Kier molecular flexibility index (Phi) is 11.7. The minimum Gasteiger partial charge on any atom is -0.303 e. The maximum atomic E-state index is 2.73. The molecule has 0 spiro atoms. The quantitative estimate of drug-likeness (QED) is 0.294. The molecule has 182 valence electrons. The standard InChI is InChI=1S/C28H60N2/c1-15-18-30(21-26(7,8)9)24(3)20-27(10,11)16-17-28(12,13)22-29(14)23(2)19-25(4,5)6/h23-24H,15-22H2,1-14H3. The van der Waals surface area contributed by atoms with Gasteiger partial charge in [-0.2, -0.15) is 0 Å². The normalized spacial score (nSPS) is 16.4. The van der Waals surface area contributed by atoms with Crippen LogP contribution in [0.3, 0.4) is 0 Å². The third-order valence-corrected chi connectivity index (χ3v) is 6.48. The first-order valence-corrected chi connectivity index (χ1v) is 12.7. The van der Waals surface area contributed by atoms with Gasteiger partial charge in [-0.05, 0) is 81.2 Å². The predicted octanol–water partition coefficient (Wildman–Crippen LogP) is 8.11. The van der Waals surface area contributed by atoms with E-state index in [2.05, 4.69) is 107 Å². The van der Waals surface area contributed by atoms with Gasteiger partial charge in [-0.1, -0.05) is 76.2 Å². The highest BCUT2D eigenvalue weighted by atomic mass is 15.2. The first kappa shape index (κ1) is 29.9. The Balaban J connectivity index is 4.82. The number of hydrogen-bond donors (Lipinski definition) is 0. The van der Waals surface area contributed by atoms with E-state index in [4.69, 9.17) is 0 Å². The third kappa shape index (κ3) is 14.1. The second-order valence-electron chi connectivity index (χ2n) is 14.4. The SMILES string of the molecule is CCCN(CC(C)(C)C)C(C)CC(C)(C)CCC(C)(C)CN(C)C(C)CC(C)(C)C. The van der Waals surface area contributed by atoms with E-state index in [1.54, 1.807) is 0 Å². The summed E-state index contributed by atoms with van der Waals surface area (Å²) in [6.07, 6.45) is 6.39. The van der Waals surface area contributed by atoms with Crippen molar-refractivity contribution in [3.8, 4) is 0 Å². The van der Waals surface area contributed by atoms with Crippen LogP contribution in [0, 0.1) is 21.7 Å². The Hall–Kier alpha value is -0.0800. The molecule has 0 rings (SSSR count). The molecule has 0 amide bonds. The molecule has 0 bridgehead atoms. The van der Waals surface area contributed by atoms with Crippen LogP contribution in [0.15, 0.2) is 0 Å². The van der Waals surface area contributed by atoms with Gasteiger partial charge in [0.05, 0.1) is 0 Å². The Morgan fingerprint density at radius 2 is 1.13 bits per heavy atom. The van der Waals surface area contributed by atoms with Gasteiger partial charge in [0.25, 0.3) is 0 Å². The zero-order valence-electron chi connectivity index (χ0n) is 23.7. The minimum absolute atomic E-state index is 0.357. The molecular formula is C28H60N2. The molecule has 0 aliphatic heterocycles. The lowest BCUT2D eigenvalue weighted by Crippen LogP contribution is -2.42. The Morgan fingerprint density at radius 3 is 1.57 bits per heavy atom. The average molecular weight is 425 g/mol. The van der Waals surface area contributed by atoms with Crippen molar-refractivity contribution in [3.05, 3.63) is 0 Å². The molecule has 0 aromatic carbocycles. The zero-order chi connectivity index (χ0) is 24.0. The molecule has 0 aromatic heterocycles. The highest BCUT2D eigenvalue weighted by molar-refractivity contribution is 4.84. The van der Waals surface area contributed by atoms with Crippen molar-refractivity contribution in [1.29, 1.82) is 0 Å². The van der Waals surface area contributed by atoms with Crippen LogP contribution in [-0.4, -0.2) is 48.6 Å². The Bertz CT molecular complexity index is 464. The van der Waals surface area contributed by atoms with Crippen molar-refractivity contribution in [2.45, 2.75) is 134 Å². The smallest absolute Gasteiger partial charge is 0.00722 e. The van der Waals surface area contributed by atoms with E-state index < -0.39 is 0 Å². The van der Waals surface area contributed by atoms with E-state index in [9.17, 15) is 0 Å². The molecule has 0 saturated heterocycles. The summed E-state index contributed by atoms with van der Waals surface area (Å²) in [6, 6.07) is 1.29. The fraction of sp³-hybridized carbons (Fsp3) is 1.00. The fourth-order valence-corrected chi connectivity index (χ4v) is 5.01. The van der Waals surface area contributed by atoms with E-state index in [-0.39, 0.29) is 0 Å². The highest BCUT2D eigenvalue weighted by Gasteiger charge is 2.30. The van der Waals surface area contributed by atoms with Crippen molar-refractivity contribution in [2.24, 2.45) is 21.7 Å². The van der Waals surface area contributed by atoms with E-state index in [1.807, 2.05) is 0 Å². The van der Waals surface area contributed by atoms with Gasteiger partial charge < -0.3 is 9.80 Å². The van der Waals surface area contributed by atoms with E-state index >= 15 is 0 Å². The summed E-state index contributed by atoms with van der Waals surface area (Å²) in [5.74, 6) is 0. The molecule has 0 heterocycles. The maximum Gasteiger partial charge on any atom is 0.00722 e. The predicted molar refractivity (Wildman–Crippen MR) is 138 cm³/mol. The molecule has 2 nitrogen and oxygen atoms in total. The van der Waals surface area contributed by atoms with Crippen LogP contribution in [0.2, 0.25) is 0 Å². The van der Waals surface area contributed by atoms with Gasteiger partial charge in [0.15, 0.2) is 0 Å². The Labute approximate surface area is 192 Å². The first-order chi connectivity index (χ1) is 13.3. The molecule has 2 unspecified atom stereocenters. The monoisotopic (exact) mass is 424 g/mol. The van der Waals surface area contributed by atoms with Gasteiger partial charge in [0, 0.05) is 25.2 Å². The number of rotatable bonds is 13. The lowest BCUT2D eigenvalue weighted by atomic mass is 9.75. The third-order valence-electron chi connectivity index (χ3n) is 6.48. The van der Waals surface area contributed by atoms with E-state index in [1.165, 1.54) is 51.7 Å². The molecular weight excluding hydrogens is 364 g/mol. The second-order valence-corrected chi connectivity index (χ2v) is 14.4. The number of hydrogen-bond acceptors (Lipinski definition) is 2. The molecule has 0 radical (unpaired) electrons. The molecule has 0 fully saturated rings. The van der Waals surface area contributed by atoms with Crippen LogP contribution in [-0.2, 0) is 0 Å². The van der Waals surface area contributed by atoms with Crippen LogP contribution in [0.5, 0.6) is 0 Å². The summed E-state index contributed by atoms with van der Waals surface area (Å²) in [5.41, 5.74) is 1.50. The van der Waals surface area contributed by atoms with Crippen molar-refractivity contribution in [3.63, 3.8) is 0 Å². The fourth-order valence-electron chi connectivity index (χ4n) is 5.01. The van der Waals surface area contributed by atoms with Gasteiger partial charge in [0.2, 0.25) is 0 Å². The molecule has 0 saturated carbocycles. The van der Waals surface area contributed by atoms with Crippen LogP contribution in [0.1, 0.15) is 122 Å². The summed E-state index contributed by atoms with van der Waals surface area (Å²) in [6.45, 7) is 34.8. The average Bonchev–Trinajstić information content (AvgIpc) is 2.49. The van der Waals surface area contributed by atoms with Crippen molar-refractivity contribution in [2.75, 3.05) is 26.7 Å². The molecule has 2 heteroatoms. The molecule has 0 aliphatic carbocycles. The summed E-state index contributed by atoms with van der Waals surface area (Å²) < 4.78 is 0. The number of nitrogens with zero attached hydrogens (tertiary/aromatic N) is 2. The summed E-state index contributed by atoms with van der Waals surface area (Å²) >= 11 is 0. The van der Waals surface area contributed by atoms with Crippen LogP contribution >= 0.6 is 0 Å². The van der Waals surface area contributed by atoms with Crippen LogP contribution < -0.4 is 0 Å². The summed E-state index contributed by atoms with van der Waals surface area (Å²) in [4.78, 5) is 5.32. The lowest BCUT2D eigenvalue weighted by Gasteiger charge is -2.40. The largest absolute Gasteiger partial charge is 0.303 e. The molecule has 30 heavy (non-hydrogen) atoms. The van der Waals surface area contributed by atoms with E-state index in [0.29, 0.717) is 33.7 Å². The lowest BCUT2D eigenvalue weighted by molar-refractivity contribution is 0.0922. The second kappa shape index (κ2) is 11.7. The molecule has 0 N–H and O–H groups in total. The Morgan fingerprint density at radius 1 is 0.633 bits per heavy atom. The molecule has 0 aromatic rings. The van der Waals surface area contributed by atoms with E-state index in [0.717, 1.165) is 0 Å². The van der Waals surface area contributed by atoms with Crippen LogP contribution in [0.25, 0.3) is 0 Å². The summed E-state index contributed by atoms with van der Waals surface area (Å²) in [7, 11) is 2.32. The van der Waals surface area contributed by atoms with Gasteiger partial charge in [-0.25, -0.2) is 0 Å². The molecule has 0 aliphatic rings. The topological polar surface area (TPSA) is 6.48 Å². The first-order valence-electron chi connectivity index (χ1n) is 12.7. The van der Waals surface area contributed by atoms with Gasteiger partial charge in [-0.3, -0.25) is 0 Å². The van der Waals surface area contributed by atoms with Crippen LogP contribution in [0.4, 0.5) is 0 Å². The maximum absolute atomic E-state index is 2.73. The van der Waals surface area contributed by atoms with Crippen molar-refractivity contribution >= 4 is 0 Å². The van der Waals surface area contributed by atoms with Gasteiger partial charge >= 0.3 is 0 Å². The van der Waals surface area contributed by atoms with Crippen molar-refractivity contribution < 1.29 is 0 Å². The zero-order valence-corrected chi connectivity index (χ0v) is 23.7. The van der Waals surface area contributed by atoms with Crippen molar-refractivity contribution in [1.82, 2.24) is 9.80 Å². The highest BCUT2D eigenvalue weighted by Crippen LogP contribution is 2.36. The van der Waals surface area contributed by atoms with Gasteiger partial charge in [0.1, 0.15) is 0 Å². The minimum atomic E-state index is 0.357.